The Labute approximate surface area is 119 Å². The van der Waals surface area contributed by atoms with Gasteiger partial charge in [0.25, 0.3) is 0 Å². The highest BCUT2D eigenvalue weighted by atomic mass is 28.4. The van der Waals surface area contributed by atoms with Crippen LogP contribution in [-0.2, 0) is 8.85 Å². The lowest BCUT2D eigenvalue weighted by molar-refractivity contribution is -0.0604. The van der Waals surface area contributed by atoms with Gasteiger partial charge in [-0.05, 0) is 26.0 Å². The Bertz CT molecular complexity index is 485. The highest BCUT2D eigenvalue weighted by Gasteiger charge is 2.68. The summed E-state index contributed by atoms with van der Waals surface area (Å²) in [5.74, 6) is -3.33. The Kier molecular flexibility index (Phi) is 5.67. The minimum absolute atomic E-state index is 0.377. The Balaban J connectivity index is 3.23. The van der Waals surface area contributed by atoms with Crippen LogP contribution in [0.4, 0.5) is 27.7 Å². The van der Waals surface area contributed by atoms with Crippen LogP contribution in [0.3, 0.4) is 0 Å². The summed E-state index contributed by atoms with van der Waals surface area (Å²) in [6, 6.07) is 2.08. The van der Waals surface area contributed by atoms with E-state index >= 15 is 0 Å². The van der Waals surface area contributed by atoms with Gasteiger partial charge in [-0.1, -0.05) is 10.5 Å². The molecule has 21 heavy (non-hydrogen) atoms. The second kappa shape index (κ2) is 6.69. The molecular formula is C11H14F5NO3Si. The predicted molar refractivity (Wildman–Crippen MR) is 66.1 cm³/mol. The zero-order valence-electron chi connectivity index (χ0n) is 11.2. The first kappa shape index (κ1) is 17.8. The van der Waals surface area contributed by atoms with Gasteiger partial charge in [-0.15, -0.1) is 5.12 Å². The maximum Gasteiger partial charge on any atom is 0.600 e. The summed E-state index contributed by atoms with van der Waals surface area (Å²) in [6.07, 6.45) is 0. The van der Waals surface area contributed by atoms with Crippen LogP contribution < -0.4 is 5.12 Å². The van der Waals surface area contributed by atoms with Crippen LogP contribution in [-0.4, -0.2) is 32.5 Å². The van der Waals surface area contributed by atoms with Crippen LogP contribution in [0.15, 0.2) is 18.2 Å². The van der Waals surface area contributed by atoms with Gasteiger partial charge in [-0.3, -0.25) is 0 Å². The second-order valence-corrected chi connectivity index (χ2v) is 6.19. The lowest BCUT2D eigenvalue weighted by Crippen LogP contribution is -2.65. The molecule has 0 aliphatic carbocycles. The van der Waals surface area contributed by atoms with Crippen molar-refractivity contribution in [2.24, 2.45) is 0 Å². The highest BCUT2D eigenvalue weighted by molar-refractivity contribution is 6.62. The van der Waals surface area contributed by atoms with E-state index in [1.54, 1.807) is 0 Å². The van der Waals surface area contributed by atoms with E-state index in [9.17, 15) is 26.8 Å². The molecule has 0 amide bonds. The molecule has 120 valence electrons. The van der Waals surface area contributed by atoms with Crippen molar-refractivity contribution < 1.29 is 35.7 Å². The molecule has 1 rings (SSSR count). The van der Waals surface area contributed by atoms with Crippen LogP contribution in [0, 0.1) is 11.6 Å². The fraction of sp³-hybridized carbons (Fsp3) is 0.455. The Morgan fingerprint density at radius 1 is 1.19 bits per heavy atom. The number of benzene rings is 1. The van der Waals surface area contributed by atoms with Crippen LogP contribution in [0.1, 0.15) is 13.8 Å². The fourth-order valence-electron chi connectivity index (χ4n) is 1.53. The van der Waals surface area contributed by atoms with E-state index in [1.165, 1.54) is 13.8 Å². The third-order valence-corrected chi connectivity index (χ3v) is 4.77. The zero-order chi connectivity index (χ0) is 16.3. The van der Waals surface area contributed by atoms with E-state index < -0.39 is 36.9 Å². The van der Waals surface area contributed by atoms with Crippen molar-refractivity contribution in [2.45, 2.75) is 19.5 Å². The third kappa shape index (κ3) is 3.34. The van der Waals surface area contributed by atoms with Gasteiger partial charge in [-0.25, -0.2) is 8.78 Å². The summed E-state index contributed by atoms with van der Waals surface area (Å²) in [5, 5.41) is -1.37. The molecule has 1 N–H and O–H groups in total. The van der Waals surface area contributed by atoms with Crippen LogP contribution in [0.25, 0.3) is 0 Å². The average molecular weight is 331 g/mol. The molecule has 10 heteroatoms. The van der Waals surface area contributed by atoms with Crippen LogP contribution >= 0.6 is 0 Å². The van der Waals surface area contributed by atoms with E-state index in [1.807, 2.05) is 0 Å². The second-order valence-electron chi connectivity index (χ2n) is 3.84. The van der Waals surface area contributed by atoms with Gasteiger partial charge in [0.15, 0.2) is 11.6 Å². The van der Waals surface area contributed by atoms with Gasteiger partial charge in [0.2, 0.25) is 0 Å². The molecule has 4 nitrogen and oxygen atoms in total. The highest BCUT2D eigenvalue weighted by Crippen LogP contribution is 2.37. The summed E-state index contributed by atoms with van der Waals surface area (Å²) in [7, 11) is -5.33. The van der Waals surface area contributed by atoms with Gasteiger partial charge in [0.05, 0.1) is 0 Å². The molecule has 0 heterocycles. The maximum atomic E-state index is 14.1. The molecule has 0 radical (unpaired) electrons. The molecule has 0 aliphatic rings. The molecule has 0 spiro atoms. The van der Waals surface area contributed by atoms with Gasteiger partial charge in [-0.2, -0.15) is 8.78 Å². The third-order valence-electron chi connectivity index (χ3n) is 2.45. The zero-order valence-corrected chi connectivity index (χ0v) is 12.2. The number of hydrogen-bond donors (Lipinski definition) is 1. The first-order chi connectivity index (χ1) is 9.71. The summed E-state index contributed by atoms with van der Waals surface area (Å²) >= 11 is 0. The molecule has 1 aromatic rings. The molecule has 0 aliphatic heterocycles. The molecule has 0 bridgehead atoms. The quantitative estimate of drug-likeness (QED) is 0.361. The van der Waals surface area contributed by atoms with Crippen LogP contribution in [0.2, 0.25) is 0 Å². The molecule has 0 saturated carbocycles. The van der Waals surface area contributed by atoms with Crippen molar-refractivity contribution in [1.82, 2.24) is 0 Å². The summed E-state index contributed by atoms with van der Waals surface area (Å²) in [4.78, 5) is 9.78. The summed E-state index contributed by atoms with van der Waals surface area (Å²) < 4.78 is 77.4. The summed E-state index contributed by atoms with van der Waals surface area (Å²) in [5.41, 5.74) is -6.06. The monoisotopic (exact) mass is 331 g/mol. The van der Waals surface area contributed by atoms with Crippen LogP contribution in [0.5, 0.6) is 0 Å². The van der Waals surface area contributed by atoms with Crippen molar-refractivity contribution in [1.29, 1.82) is 0 Å². The predicted octanol–water partition coefficient (Wildman–Crippen LogP) is 2.79. The van der Waals surface area contributed by atoms with Gasteiger partial charge in [0.1, 0.15) is 5.69 Å². The molecule has 0 saturated heterocycles. The Morgan fingerprint density at radius 2 is 1.71 bits per heavy atom. The number of anilines is 1. The standard InChI is InChI=1S/C11H14F5NO3Si/c1-3-19-21(18,20-4-2)11(14,15)17(16)9-7-5-6-8(12)10(9)13/h5-7,18H,3-4H2,1-2H3. The lowest BCUT2D eigenvalue weighted by atomic mass is 10.3. The number of halogens is 5. The van der Waals surface area contributed by atoms with E-state index in [0.29, 0.717) is 12.1 Å². The van der Waals surface area contributed by atoms with E-state index in [0.717, 1.165) is 6.07 Å². The van der Waals surface area contributed by atoms with Gasteiger partial charge < -0.3 is 13.6 Å². The number of alkyl halides is 2. The SMILES string of the molecule is CCO[Si](O)(OCC)C(F)(F)N(F)c1cccc(F)c1F. The number of nitrogens with zero attached hydrogens (tertiary/aromatic N) is 1. The topological polar surface area (TPSA) is 41.9 Å². The van der Waals surface area contributed by atoms with Crippen molar-refractivity contribution in [3.63, 3.8) is 0 Å². The summed E-state index contributed by atoms with van der Waals surface area (Å²) in [6.45, 7) is 1.83. The number of hydrogen-bond acceptors (Lipinski definition) is 4. The number of rotatable bonds is 7. The smallest absolute Gasteiger partial charge is 0.385 e. The van der Waals surface area contributed by atoms with E-state index in [2.05, 4.69) is 8.85 Å². The Morgan fingerprint density at radius 3 is 2.19 bits per heavy atom. The first-order valence-corrected chi connectivity index (χ1v) is 7.75. The largest absolute Gasteiger partial charge is 0.600 e. The lowest BCUT2D eigenvalue weighted by Gasteiger charge is -2.33. The Hall–Kier alpha value is -1.23. The van der Waals surface area contributed by atoms with Crippen molar-refractivity contribution in [3.8, 4) is 0 Å². The van der Waals surface area contributed by atoms with Crippen molar-refractivity contribution >= 4 is 14.5 Å². The minimum atomic E-state index is -5.33. The molecule has 0 unspecified atom stereocenters. The van der Waals surface area contributed by atoms with Crippen molar-refractivity contribution in [3.05, 3.63) is 29.8 Å². The molecule has 0 fully saturated rings. The van der Waals surface area contributed by atoms with Crippen molar-refractivity contribution in [2.75, 3.05) is 18.3 Å². The minimum Gasteiger partial charge on any atom is -0.385 e. The normalized spacial score (nSPS) is 12.6. The van der Waals surface area contributed by atoms with Gasteiger partial charge >= 0.3 is 14.5 Å². The van der Waals surface area contributed by atoms with E-state index in [4.69, 9.17) is 0 Å². The molecule has 0 atom stereocenters. The fourth-order valence-corrected chi connectivity index (χ4v) is 3.11. The molecule has 0 aromatic heterocycles. The van der Waals surface area contributed by atoms with E-state index in [-0.39, 0.29) is 13.2 Å². The molecule has 1 aromatic carbocycles. The maximum absolute atomic E-state index is 14.1. The first-order valence-electron chi connectivity index (χ1n) is 5.99. The average Bonchev–Trinajstić information content (AvgIpc) is 2.41. The van der Waals surface area contributed by atoms with Gasteiger partial charge in [0, 0.05) is 13.2 Å². The molecular weight excluding hydrogens is 317 g/mol.